The molecule has 0 aliphatic heterocycles. The Kier molecular flexibility index (Phi) is 4.42. The van der Waals surface area contributed by atoms with Crippen molar-refractivity contribution in [1.29, 1.82) is 0 Å². The fourth-order valence-electron chi connectivity index (χ4n) is 2.86. The molecule has 0 radical (unpaired) electrons. The van der Waals surface area contributed by atoms with E-state index in [1.807, 2.05) is 0 Å². The average Bonchev–Trinajstić information content (AvgIpc) is 2.52. The van der Waals surface area contributed by atoms with Crippen LogP contribution in [-0.2, 0) is 0 Å². The average molecular weight is 276 g/mol. The van der Waals surface area contributed by atoms with Crippen LogP contribution in [0.2, 0.25) is 0 Å². The van der Waals surface area contributed by atoms with Crippen LogP contribution in [0.1, 0.15) is 54.4 Å². The Morgan fingerprint density at radius 1 is 1.15 bits per heavy atom. The first-order valence-electron chi connectivity index (χ1n) is 7.09. The Balaban J connectivity index is 2.28. The largest absolute Gasteiger partial charge is 0.504 e. The minimum Gasteiger partial charge on any atom is -0.504 e. The lowest BCUT2D eigenvalue weighted by Crippen LogP contribution is -2.12. The number of carbonyl (C=O) groups excluding carboxylic acids is 1. The molecule has 2 rings (SSSR count). The summed E-state index contributed by atoms with van der Waals surface area (Å²) in [5, 5.41) is 19.1. The molecule has 0 amide bonds. The van der Waals surface area contributed by atoms with Gasteiger partial charge in [-0.3, -0.25) is 9.59 Å². The minimum absolute atomic E-state index is 0.0697. The van der Waals surface area contributed by atoms with Gasteiger partial charge in [-0.05, 0) is 30.5 Å². The molecule has 0 saturated heterocycles. The minimum atomic E-state index is -0.843. The second-order valence-corrected chi connectivity index (χ2v) is 5.62. The predicted octanol–water partition coefficient (Wildman–Crippen LogP) is 2.92. The van der Waals surface area contributed by atoms with Crippen molar-refractivity contribution in [2.24, 2.45) is 5.92 Å². The van der Waals surface area contributed by atoms with E-state index in [9.17, 15) is 19.8 Å². The first kappa shape index (κ1) is 14.6. The van der Waals surface area contributed by atoms with Gasteiger partial charge in [-0.15, -0.1) is 0 Å². The van der Waals surface area contributed by atoms with Crippen molar-refractivity contribution < 1.29 is 15.0 Å². The zero-order valence-corrected chi connectivity index (χ0v) is 11.7. The molecule has 1 fully saturated rings. The Bertz CT molecular complexity index is 571. The van der Waals surface area contributed by atoms with Crippen LogP contribution in [0.15, 0.2) is 16.9 Å². The van der Waals surface area contributed by atoms with Gasteiger partial charge >= 0.3 is 0 Å². The van der Waals surface area contributed by atoms with E-state index in [0.717, 1.165) is 25.7 Å². The van der Waals surface area contributed by atoms with Crippen LogP contribution in [0.5, 0.6) is 11.5 Å². The van der Waals surface area contributed by atoms with Crippen molar-refractivity contribution in [2.75, 3.05) is 0 Å². The monoisotopic (exact) mass is 276 g/mol. The van der Waals surface area contributed by atoms with Gasteiger partial charge in [-0.1, -0.05) is 32.1 Å². The van der Waals surface area contributed by atoms with Gasteiger partial charge in [0.05, 0.1) is 0 Å². The highest BCUT2D eigenvalue weighted by atomic mass is 16.3. The molecule has 4 nitrogen and oxygen atoms in total. The van der Waals surface area contributed by atoms with Crippen molar-refractivity contribution in [3.05, 3.63) is 33.5 Å². The maximum atomic E-state index is 12.4. The zero-order chi connectivity index (χ0) is 14.7. The number of carbonyl (C=O) groups is 1. The van der Waals surface area contributed by atoms with Gasteiger partial charge in [-0.2, -0.15) is 0 Å². The summed E-state index contributed by atoms with van der Waals surface area (Å²) in [5.74, 6) is -0.789. The molecule has 1 aliphatic rings. The smallest absolute Gasteiger partial charge is 0.261 e. The SMILES string of the molecule is Cc1cc(O)c(=O)c(O)cc1C(=O)CC1CCCCC1. The summed E-state index contributed by atoms with van der Waals surface area (Å²) in [6.45, 7) is 1.66. The van der Waals surface area contributed by atoms with E-state index in [2.05, 4.69) is 0 Å². The molecule has 4 heteroatoms. The molecule has 0 heterocycles. The van der Waals surface area contributed by atoms with Gasteiger partial charge in [-0.25, -0.2) is 0 Å². The van der Waals surface area contributed by atoms with E-state index in [4.69, 9.17) is 0 Å². The molecule has 0 unspecified atom stereocenters. The summed E-state index contributed by atoms with van der Waals surface area (Å²) < 4.78 is 0. The number of hydrogen-bond donors (Lipinski definition) is 2. The predicted molar refractivity (Wildman–Crippen MR) is 76.3 cm³/mol. The van der Waals surface area contributed by atoms with E-state index < -0.39 is 16.9 Å². The molecule has 0 spiro atoms. The van der Waals surface area contributed by atoms with Crippen molar-refractivity contribution in [1.82, 2.24) is 0 Å². The highest BCUT2D eigenvalue weighted by Crippen LogP contribution is 2.28. The van der Waals surface area contributed by atoms with Gasteiger partial charge < -0.3 is 10.2 Å². The third-order valence-corrected chi connectivity index (χ3v) is 4.02. The molecular weight excluding hydrogens is 256 g/mol. The molecule has 0 aromatic heterocycles. The Hall–Kier alpha value is -1.84. The molecule has 1 saturated carbocycles. The lowest BCUT2D eigenvalue weighted by atomic mass is 9.84. The van der Waals surface area contributed by atoms with Crippen molar-refractivity contribution in [3.8, 4) is 11.5 Å². The van der Waals surface area contributed by atoms with Crippen LogP contribution in [0, 0.1) is 12.8 Å². The highest BCUT2D eigenvalue weighted by Gasteiger charge is 2.20. The summed E-state index contributed by atoms with van der Waals surface area (Å²) >= 11 is 0. The van der Waals surface area contributed by atoms with Crippen LogP contribution in [0.25, 0.3) is 0 Å². The molecule has 20 heavy (non-hydrogen) atoms. The van der Waals surface area contributed by atoms with E-state index in [-0.39, 0.29) is 5.78 Å². The lowest BCUT2D eigenvalue weighted by Gasteiger charge is -2.20. The van der Waals surface area contributed by atoms with Crippen LogP contribution >= 0.6 is 0 Å². The number of aromatic hydroxyl groups is 2. The Labute approximate surface area is 118 Å². The number of Topliss-reactive ketones (excluding diaryl/α,β-unsaturated/α-hetero) is 1. The van der Waals surface area contributed by atoms with Gasteiger partial charge in [0.15, 0.2) is 17.3 Å². The zero-order valence-electron chi connectivity index (χ0n) is 11.7. The number of aryl methyl sites for hydroxylation is 1. The fourth-order valence-corrected chi connectivity index (χ4v) is 2.86. The van der Waals surface area contributed by atoms with Crippen LogP contribution in [0.4, 0.5) is 0 Å². The molecule has 108 valence electrons. The number of hydrogen-bond acceptors (Lipinski definition) is 4. The van der Waals surface area contributed by atoms with Crippen molar-refractivity contribution >= 4 is 5.78 Å². The first-order chi connectivity index (χ1) is 9.49. The standard InChI is InChI=1S/C16H20O4/c1-10-7-14(18)16(20)15(19)9-12(10)13(17)8-11-5-3-2-4-6-11/h7,9,11H,2-6,8H2,1H3,(H2,18,19,20). The molecule has 1 aliphatic carbocycles. The van der Waals surface area contributed by atoms with Gasteiger partial charge in [0.1, 0.15) is 0 Å². The highest BCUT2D eigenvalue weighted by molar-refractivity contribution is 5.97. The second-order valence-electron chi connectivity index (χ2n) is 5.62. The molecule has 0 atom stereocenters. The van der Waals surface area contributed by atoms with E-state index in [1.54, 1.807) is 6.92 Å². The van der Waals surface area contributed by atoms with Gasteiger partial charge in [0, 0.05) is 12.0 Å². The third-order valence-electron chi connectivity index (χ3n) is 4.02. The Morgan fingerprint density at radius 2 is 1.75 bits per heavy atom. The summed E-state index contributed by atoms with van der Waals surface area (Å²) in [7, 11) is 0. The number of ketones is 1. The summed E-state index contributed by atoms with van der Waals surface area (Å²) in [6, 6.07) is 2.43. The van der Waals surface area contributed by atoms with Crippen molar-refractivity contribution in [3.63, 3.8) is 0 Å². The van der Waals surface area contributed by atoms with Gasteiger partial charge in [0.2, 0.25) is 0 Å². The normalized spacial score (nSPS) is 16.1. The summed E-state index contributed by atoms with van der Waals surface area (Å²) in [6.07, 6.45) is 6.13. The third kappa shape index (κ3) is 3.18. The Morgan fingerprint density at radius 3 is 2.40 bits per heavy atom. The second kappa shape index (κ2) is 6.07. The van der Waals surface area contributed by atoms with E-state index in [0.29, 0.717) is 23.5 Å². The van der Waals surface area contributed by atoms with Crippen molar-refractivity contribution in [2.45, 2.75) is 45.4 Å². The molecular formula is C16H20O4. The first-order valence-corrected chi connectivity index (χ1v) is 7.09. The maximum absolute atomic E-state index is 12.4. The topological polar surface area (TPSA) is 74.6 Å². The molecule has 1 aromatic carbocycles. The lowest BCUT2D eigenvalue weighted by molar-refractivity contribution is 0.0949. The van der Waals surface area contributed by atoms with Crippen LogP contribution in [0.3, 0.4) is 0 Å². The van der Waals surface area contributed by atoms with E-state index >= 15 is 0 Å². The van der Waals surface area contributed by atoms with Gasteiger partial charge in [0.25, 0.3) is 5.43 Å². The quantitative estimate of drug-likeness (QED) is 0.832. The van der Waals surface area contributed by atoms with E-state index in [1.165, 1.54) is 18.6 Å². The maximum Gasteiger partial charge on any atom is 0.261 e. The number of rotatable bonds is 3. The molecule has 2 N–H and O–H groups in total. The fraction of sp³-hybridized carbons (Fsp3) is 0.500. The molecule has 0 bridgehead atoms. The molecule has 1 aromatic rings. The van der Waals surface area contributed by atoms with Crippen LogP contribution in [-0.4, -0.2) is 16.0 Å². The van der Waals surface area contributed by atoms with Crippen LogP contribution < -0.4 is 5.43 Å². The summed E-state index contributed by atoms with van der Waals surface area (Å²) in [5.41, 5.74) is -0.00370. The summed E-state index contributed by atoms with van der Waals surface area (Å²) in [4.78, 5) is 23.8.